The van der Waals surface area contributed by atoms with E-state index in [1.165, 1.54) is 5.39 Å². The van der Waals surface area contributed by atoms with Gasteiger partial charge in [-0.25, -0.2) is 0 Å². The molecule has 0 spiro atoms. The first-order valence-corrected chi connectivity index (χ1v) is 20.3. The molecule has 0 aliphatic heterocycles. The second-order valence-corrected chi connectivity index (χ2v) is 20.9. The molecule has 0 saturated heterocycles. The zero-order valence-corrected chi connectivity index (χ0v) is 27.0. The van der Waals surface area contributed by atoms with Gasteiger partial charge in [-0.15, -0.1) is 35.9 Å². The Morgan fingerprint density at radius 2 is 1.43 bits per heavy atom. The Morgan fingerprint density at radius 3 is 2.15 bits per heavy atom. The first kappa shape index (κ1) is 27.9. The van der Waals surface area contributed by atoms with Gasteiger partial charge in [0.1, 0.15) is 0 Å². The summed E-state index contributed by atoms with van der Waals surface area (Å²) in [5.41, 5.74) is 5.42. The fourth-order valence-corrected chi connectivity index (χ4v) is 6.47. The number of hydrogen-bond acceptors (Lipinski definition) is 4. The molecule has 0 bridgehead atoms. The number of nitrogens with zero attached hydrogens (tertiary/aromatic N) is 3. The molecule has 0 aliphatic carbocycles. The van der Waals surface area contributed by atoms with Gasteiger partial charge in [0.05, 0.1) is 0 Å². The van der Waals surface area contributed by atoms with E-state index in [-0.39, 0.29) is 20.1 Å². The third-order valence-corrected chi connectivity index (χ3v) is 10.4. The predicted molar refractivity (Wildman–Crippen MR) is 163 cm³/mol. The number of fused-ring (bicyclic) bond motifs is 5. The van der Waals surface area contributed by atoms with E-state index < -0.39 is 13.3 Å². The van der Waals surface area contributed by atoms with Crippen molar-refractivity contribution in [2.75, 3.05) is 0 Å². The van der Waals surface area contributed by atoms with Crippen LogP contribution < -0.4 is 4.53 Å². The Labute approximate surface area is 250 Å². The average molecular weight is 758 g/mol. The Kier molecular flexibility index (Phi) is 8.27. The van der Waals surface area contributed by atoms with Crippen LogP contribution in [0.15, 0.2) is 114 Å². The molecular weight excluding hydrogens is 731 g/mol. The van der Waals surface area contributed by atoms with Crippen molar-refractivity contribution in [3.63, 3.8) is 0 Å². The fraction of sp³-hybridized carbons (Fsp3) is 0.0882. The zero-order chi connectivity index (χ0) is 26.8. The summed E-state index contributed by atoms with van der Waals surface area (Å²) < 4.78 is 7.52. The molecule has 40 heavy (non-hydrogen) atoms. The van der Waals surface area contributed by atoms with Crippen molar-refractivity contribution < 1.29 is 24.5 Å². The summed E-state index contributed by atoms with van der Waals surface area (Å²) in [6, 6.07) is 36.7. The van der Waals surface area contributed by atoms with Gasteiger partial charge in [0, 0.05) is 26.3 Å². The number of benzene rings is 4. The van der Waals surface area contributed by atoms with Gasteiger partial charge in [0.2, 0.25) is 0 Å². The van der Waals surface area contributed by atoms with E-state index in [0.717, 1.165) is 54.4 Å². The smallest absolute Gasteiger partial charge is 0.0160 e. The molecule has 0 amide bonds. The minimum Gasteiger partial charge on any atom is -0.305 e. The van der Waals surface area contributed by atoms with Gasteiger partial charge < -0.3 is 4.98 Å². The van der Waals surface area contributed by atoms with E-state index in [9.17, 15) is 0 Å². The first-order valence-electron chi connectivity index (χ1n) is 12.9. The Balaban J connectivity index is 0.000000209. The summed E-state index contributed by atoms with van der Waals surface area (Å²) in [4.78, 5) is 13.6. The average Bonchev–Trinajstić information content (AvgIpc) is 3.38. The first-order chi connectivity index (χ1) is 19.0. The molecule has 4 nitrogen and oxygen atoms in total. The third-order valence-electron chi connectivity index (χ3n) is 6.65. The normalized spacial score (nSPS) is 11.2. The van der Waals surface area contributed by atoms with Crippen molar-refractivity contribution in [3.05, 3.63) is 122 Å². The molecule has 4 aromatic carbocycles. The summed E-state index contributed by atoms with van der Waals surface area (Å²) in [5.74, 6) is 6.96. The summed E-state index contributed by atoms with van der Waals surface area (Å²) >= 11 is -1.98. The molecule has 0 N–H and O–H groups in total. The number of pyridine rings is 1. The quantitative estimate of drug-likeness (QED) is 0.135. The van der Waals surface area contributed by atoms with Crippen molar-refractivity contribution in [1.82, 2.24) is 15.0 Å². The molecule has 7 rings (SSSR count). The Bertz CT molecular complexity index is 1840. The number of hydrogen-bond donors (Lipinski definition) is 0. The van der Waals surface area contributed by atoms with Crippen molar-refractivity contribution in [1.29, 1.82) is 0 Å². The van der Waals surface area contributed by atoms with Crippen LogP contribution >= 0.6 is 0 Å². The molecule has 3 heterocycles. The summed E-state index contributed by atoms with van der Waals surface area (Å²) in [7, 11) is 0. The SMILES string of the molecule is [CH3][Ge]([CH3])([CH3])[c]1cnc(-c2[c-]ccc3c2oc2c4ccccc4ccc32)cn1.[Ir].[c-]1ccccc1-c1ccccn1. The molecule has 0 unspecified atom stereocenters. The number of rotatable bonds is 3. The van der Waals surface area contributed by atoms with Gasteiger partial charge in [0.15, 0.2) is 0 Å². The molecule has 7 aromatic rings. The summed E-state index contributed by atoms with van der Waals surface area (Å²) in [6.07, 6.45) is 5.58. The fourth-order valence-electron chi connectivity index (χ4n) is 4.58. The second kappa shape index (κ2) is 11.8. The minimum absolute atomic E-state index is 0. The van der Waals surface area contributed by atoms with Gasteiger partial charge in [0.25, 0.3) is 0 Å². The zero-order valence-electron chi connectivity index (χ0n) is 22.5. The van der Waals surface area contributed by atoms with E-state index in [2.05, 4.69) is 64.7 Å². The van der Waals surface area contributed by atoms with Crippen molar-refractivity contribution in [2.45, 2.75) is 17.3 Å². The van der Waals surface area contributed by atoms with Gasteiger partial charge in [-0.3, -0.25) is 0 Å². The Morgan fingerprint density at radius 1 is 0.625 bits per heavy atom. The number of aromatic nitrogens is 3. The molecule has 0 fully saturated rings. The van der Waals surface area contributed by atoms with E-state index in [4.69, 9.17) is 14.4 Å². The van der Waals surface area contributed by atoms with E-state index in [1.807, 2.05) is 73.1 Å². The predicted octanol–water partition coefficient (Wildman–Crippen LogP) is 8.09. The molecule has 199 valence electrons. The molecule has 1 radical (unpaired) electrons. The summed E-state index contributed by atoms with van der Waals surface area (Å²) in [6.45, 7) is 0. The summed E-state index contributed by atoms with van der Waals surface area (Å²) in [5, 5.41) is 4.51. The molecule has 0 aliphatic rings. The second-order valence-electron chi connectivity index (χ2n) is 10.4. The van der Waals surface area contributed by atoms with Crippen LogP contribution in [-0.4, -0.2) is 28.2 Å². The largest absolute Gasteiger partial charge is 0.305 e. The molecule has 3 aromatic heterocycles. The van der Waals surface area contributed by atoms with Crippen LogP contribution in [0.1, 0.15) is 0 Å². The van der Waals surface area contributed by atoms with E-state index in [1.54, 1.807) is 6.20 Å². The van der Waals surface area contributed by atoms with Crippen molar-refractivity contribution in [3.8, 4) is 22.5 Å². The topological polar surface area (TPSA) is 51.8 Å². The van der Waals surface area contributed by atoms with Crippen LogP contribution in [0.25, 0.3) is 55.2 Å². The van der Waals surface area contributed by atoms with E-state index in [0.29, 0.717) is 0 Å². The standard InChI is InChI=1S/C23H19GeN2O.C11H8N.Ir/c1-24(2,3)21-14-25-20(13-26-21)19-10-6-9-17-18-12-11-15-7-4-5-8-16(15)22(18)27-23(17)19;1-2-6-10(7-3-1)11-8-4-5-9-12-11;/h4-9,11-14H,1-3H3;1-6,8-9H;/q2*-1;. The monoisotopic (exact) mass is 760 g/mol. The van der Waals surface area contributed by atoms with Crippen molar-refractivity contribution >= 4 is 50.5 Å². The number of furan rings is 1. The van der Waals surface area contributed by atoms with Crippen LogP contribution in [0.4, 0.5) is 0 Å². The molecule has 0 atom stereocenters. The Hall–Kier alpha value is -3.64. The van der Waals surface area contributed by atoms with Gasteiger partial charge in [-0.05, 0) is 11.8 Å². The molecular formula is C34H27GeIrN3O-2. The van der Waals surface area contributed by atoms with Crippen LogP contribution in [0.5, 0.6) is 0 Å². The van der Waals surface area contributed by atoms with Gasteiger partial charge >= 0.3 is 160 Å². The maximum absolute atomic E-state index is 6.36. The molecule has 0 saturated carbocycles. The van der Waals surface area contributed by atoms with Crippen LogP contribution in [-0.2, 0) is 20.1 Å². The van der Waals surface area contributed by atoms with Gasteiger partial charge in [-0.1, -0.05) is 12.1 Å². The third kappa shape index (κ3) is 5.64. The molecule has 6 heteroatoms. The van der Waals surface area contributed by atoms with Gasteiger partial charge in [-0.2, -0.15) is 0 Å². The maximum atomic E-state index is 6.36. The minimum atomic E-state index is -1.98. The van der Waals surface area contributed by atoms with Crippen LogP contribution in [0, 0.1) is 12.1 Å². The van der Waals surface area contributed by atoms with E-state index >= 15 is 0 Å². The van der Waals surface area contributed by atoms with Crippen LogP contribution in [0.2, 0.25) is 17.3 Å². The van der Waals surface area contributed by atoms with Crippen LogP contribution in [0.3, 0.4) is 0 Å². The maximum Gasteiger partial charge on any atom is 0.0160 e. The van der Waals surface area contributed by atoms with Crippen molar-refractivity contribution in [2.24, 2.45) is 0 Å².